The van der Waals surface area contributed by atoms with Crippen molar-refractivity contribution in [2.75, 3.05) is 39.6 Å². The Bertz CT molecular complexity index is 1830. The van der Waals surface area contributed by atoms with E-state index in [0.29, 0.717) is 0 Å². The molecule has 2 amide bonds. The molecule has 4 fully saturated rings. The van der Waals surface area contributed by atoms with Crippen LogP contribution in [0.2, 0.25) is 0 Å². The van der Waals surface area contributed by atoms with Gasteiger partial charge in [0.05, 0.1) is 63.4 Å². The van der Waals surface area contributed by atoms with Crippen LogP contribution in [-0.2, 0) is 57.1 Å². The molecule has 0 aliphatic carbocycles. The standard InChI is InChI=1S/C40H68N2O32/c1-11-23(56)27(60)28(61)35(67-11)69-30(16(53)6-44)31(17(54)7-45)70-36-29(62)34(25(58)18(8-46)68-36)74-40(38(65)66)4-13(50)21(41-12(2)49)33(73-40)26(59)19(9-47)71-39(37(63)64)3-14(51)22(42-20(55)10-48)32(72-39)24(57)15(52)5-43/h11,13-19,21-36,43-48,50-54,56-62H,3-10H2,1-2H3,(H,41,49)(H,42,55)(H,63,64)(H,65,66)/t11-,13-,14-,15+,16-,17+,18+,19+,21+,22+,23+,24+,25-,26+,27+,28-,29+,30+,31+,32+,33+,34-,35-,36-,39+,40-/m0/s1. The van der Waals surface area contributed by atoms with Gasteiger partial charge in [0, 0.05) is 19.8 Å². The van der Waals surface area contributed by atoms with Gasteiger partial charge in [0.2, 0.25) is 11.8 Å². The fourth-order valence-corrected chi connectivity index (χ4v) is 8.78. The van der Waals surface area contributed by atoms with Crippen LogP contribution in [0.15, 0.2) is 0 Å². The highest BCUT2D eigenvalue weighted by atomic mass is 16.8. The summed E-state index contributed by atoms with van der Waals surface area (Å²) in [7, 11) is 0. The third-order valence-corrected chi connectivity index (χ3v) is 12.8. The highest BCUT2D eigenvalue weighted by Gasteiger charge is 2.62. The lowest BCUT2D eigenvalue weighted by atomic mass is 9.87. The topological polar surface area (TPSA) is 571 Å². The second-order valence-corrected chi connectivity index (χ2v) is 18.0. The summed E-state index contributed by atoms with van der Waals surface area (Å²) >= 11 is 0. The predicted octanol–water partition coefficient (Wildman–Crippen LogP) is -13.6. The van der Waals surface area contributed by atoms with E-state index in [2.05, 4.69) is 5.32 Å². The number of aliphatic hydroxyl groups excluding tert-OH is 18. The van der Waals surface area contributed by atoms with Crippen molar-refractivity contribution in [3.8, 4) is 0 Å². The molecule has 0 aromatic rings. The molecule has 4 aliphatic heterocycles. The van der Waals surface area contributed by atoms with Crippen molar-refractivity contribution in [3.05, 3.63) is 0 Å². The zero-order valence-corrected chi connectivity index (χ0v) is 39.4. The SMILES string of the molecule is CC(=O)N[C@H]1[C@H]([C@H](O)[C@@H](CO)O[C@]2(C(=O)O)C[C@H](O)[C@@H](NC(=O)CO)[C@H]([C@H](O)[C@H](O)CO)O2)O[C@@](O[C@H]2[C@@H](O)[C@@H](CO)O[C@@H](O[C@@H]([C@H](O[C@@H]3O[C@@H](C)[C@@H](O)[C@@H](O)[C@@H]3O)[C@@H](O)CO)[C@H](O)CO)[C@@H]2O)(C(=O)O)C[C@@H]1O. The van der Waals surface area contributed by atoms with Crippen molar-refractivity contribution in [2.24, 2.45) is 0 Å². The molecule has 74 heavy (non-hydrogen) atoms. The van der Waals surface area contributed by atoms with Gasteiger partial charge in [-0.2, -0.15) is 0 Å². The van der Waals surface area contributed by atoms with Gasteiger partial charge in [0.15, 0.2) is 12.6 Å². The molecular formula is C40H68N2O32. The lowest BCUT2D eigenvalue weighted by Gasteiger charge is -2.51. The van der Waals surface area contributed by atoms with Crippen LogP contribution in [0.5, 0.6) is 0 Å². The Hall–Kier alpha value is -3.16. The van der Waals surface area contributed by atoms with E-state index >= 15 is 0 Å². The average Bonchev–Trinajstić information content (AvgIpc) is 3.36. The van der Waals surface area contributed by atoms with Crippen molar-refractivity contribution in [2.45, 2.75) is 185 Å². The van der Waals surface area contributed by atoms with E-state index in [-0.39, 0.29) is 0 Å². The normalized spacial score (nSPS) is 40.1. The maximum absolute atomic E-state index is 13.4. The van der Waals surface area contributed by atoms with Gasteiger partial charge in [-0.15, -0.1) is 0 Å². The van der Waals surface area contributed by atoms with E-state index in [0.717, 1.165) is 6.92 Å². The molecule has 4 rings (SSSR count). The molecular weight excluding hydrogens is 1020 g/mol. The van der Waals surface area contributed by atoms with Gasteiger partial charge in [-0.25, -0.2) is 9.59 Å². The highest BCUT2D eigenvalue weighted by molar-refractivity contribution is 5.78. The largest absolute Gasteiger partial charge is 0.477 e. The lowest BCUT2D eigenvalue weighted by molar-refractivity contribution is -0.384. The third-order valence-electron chi connectivity index (χ3n) is 12.8. The fourth-order valence-electron chi connectivity index (χ4n) is 8.78. The Balaban J connectivity index is 1.74. The number of hydrogen-bond acceptors (Lipinski definition) is 30. The molecule has 4 saturated heterocycles. The third kappa shape index (κ3) is 13.9. The van der Waals surface area contributed by atoms with Gasteiger partial charge in [0.1, 0.15) is 110 Å². The quantitative estimate of drug-likeness (QED) is 0.0404. The van der Waals surface area contributed by atoms with Crippen molar-refractivity contribution < 1.29 is 159 Å². The molecule has 0 aromatic heterocycles. The van der Waals surface area contributed by atoms with Crippen molar-refractivity contribution in [3.63, 3.8) is 0 Å². The smallest absolute Gasteiger partial charge is 0.364 e. The van der Waals surface area contributed by atoms with Gasteiger partial charge >= 0.3 is 11.9 Å². The molecule has 22 N–H and O–H groups in total. The average molecular weight is 1090 g/mol. The van der Waals surface area contributed by atoms with Crippen molar-refractivity contribution >= 4 is 23.8 Å². The zero-order chi connectivity index (χ0) is 55.9. The molecule has 26 atom stereocenters. The first-order chi connectivity index (χ1) is 34.6. The number of ether oxygens (including phenoxy) is 8. The molecule has 34 nitrogen and oxygen atoms in total. The summed E-state index contributed by atoms with van der Waals surface area (Å²) < 4.78 is 44.6. The van der Waals surface area contributed by atoms with Gasteiger partial charge in [-0.05, 0) is 6.92 Å². The summed E-state index contributed by atoms with van der Waals surface area (Å²) in [5, 5.41) is 216. The minimum Gasteiger partial charge on any atom is -0.477 e. The number of carboxylic acids is 2. The Morgan fingerprint density at radius 3 is 1.57 bits per heavy atom. The molecule has 0 spiro atoms. The number of aliphatic hydroxyl groups is 18. The number of amides is 2. The summed E-state index contributed by atoms with van der Waals surface area (Å²) in [5.41, 5.74) is 0. The summed E-state index contributed by atoms with van der Waals surface area (Å²) in [6.45, 7) is -5.56. The first kappa shape index (κ1) is 63.4. The summed E-state index contributed by atoms with van der Waals surface area (Å²) in [5.74, 6) is -13.5. The molecule has 0 unspecified atom stereocenters. The number of carboxylic acid groups (broad SMARTS) is 2. The summed E-state index contributed by atoms with van der Waals surface area (Å²) in [4.78, 5) is 50.9. The number of aliphatic carboxylic acids is 2. The van der Waals surface area contributed by atoms with E-state index in [1.807, 2.05) is 5.32 Å². The van der Waals surface area contributed by atoms with E-state index in [9.17, 15) is 121 Å². The minimum absolute atomic E-state index is 0.874. The van der Waals surface area contributed by atoms with Gasteiger partial charge < -0.3 is 151 Å². The first-order valence-electron chi connectivity index (χ1n) is 22.8. The van der Waals surface area contributed by atoms with E-state index in [4.69, 9.17) is 37.9 Å². The van der Waals surface area contributed by atoms with Crippen molar-refractivity contribution in [1.29, 1.82) is 0 Å². The van der Waals surface area contributed by atoms with Gasteiger partial charge in [0.25, 0.3) is 11.6 Å². The maximum atomic E-state index is 13.4. The van der Waals surface area contributed by atoms with Crippen molar-refractivity contribution in [1.82, 2.24) is 10.6 Å². The first-order valence-corrected chi connectivity index (χ1v) is 22.8. The number of nitrogens with one attached hydrogen (secondary N) is 2. The van der Waals surface area contributed by atoms with Gasteiger partial charge in [-0.3, -0.25) is 9.59 Å². The summed E-state index contributed by atoms with van der Waals surface area (Å²) in [6.07, 6.45) is -50.9. The number of hydrogen-bond donors (Lipinski definition) is 22. The van der Waals surface area contributed by atoms with E-state index in [1.54, 1.807) is 0 Å². The molecule has 4 heterocycles. The number of carbonyl (C=O) groups is 4. The Morgan fingerprint density at radius 2 is 1.09 bits per heavy atom. The van der Waals surface area contributed by atoms with Crippen LogP contribution in [0.1, 0.15) is 26.7 Å². The monoisotopic (exact) mass is 1090 g/mol. The second-order valence-electron chi connectivity index (χ2n) is 18.0. The highest BCUT2D eigenvalue weighted by Crippen LogP contribution is 2.40. The van der Waals surface area contributed by atoms with Crippen LogP contribution >= 0.6 is 0 Å². The molecule has 0 aromatic carbocycles. The van der Waals surface area contributed by atoms with Crippen LogP contribution in [0.25, 0.3) is 0 Å². The second kappa shape index (κ2) is 26.9. The molecule has 4 aliphatic rings. The van der Waals surface area contributed by atoms with Gasteiger partial charge in [-0.1, -0.05) is 0 Å². The van der Waals surface area contributed by atoms with Crippen LogP contribution in [0.3, 0.4) is 0 Å². The van der Waals surface area contributed by atoms with E-state index in [1.165, 1.54) is 6.92 Å². The Labute approximate surface area is 417 Å². The molecule has 0 saturated carbocycles. The Kier molecular flexibility index (Phi) is 23.1. The molecule has 0 radical (unpaired) electrons. The van der Waals surface area contributed by atoms with E-state index < -0.39 is 235 Å². The predicted molar refractivity (Wildman–Crippen MR) is 226 cm³/mol. The number of rotatable bonds is 25. The Morgan fingerprint density at radius 1 is 0.608 bits per heavy atom. The van der Waals surface area contributed by atoms with Crippen LogP contribution < -0.4 is 10.6 Å². The summed E-state index contributed by atoms with van der Waals surface area (Å²) in [6, 6.07) is -3.85. The zero-order valence-electron chi connectivity index (χ0n) is 39.4. The number of carbonyl (C=O) groups excluding carboxylic acids is 2. The molecule has 430 valence electrons. The van der Waals surface area contributed by atoms with Crippen LogP contribution in [-0.4, -0.2) is 324 Å². The molecule has 0 bridgehead atoms. The van der Waals surface area contributed by atoms with Crippen LogP contribution in [0.4, 0.5) is 0 Å². The maximum Gasteiger partial charge on any atom is 0.364 e. The minimum atomic E-state index is -3.47. The van der Waals surface area contributed by atoms with Crippen LogP contribution in [0, 0.1) is 0 Å². The molecule has 34 heteroatoms. The lowest BCUT2D eigenvalue weighted by Crippen LogP contribution is -2.72. The fraction of sp³-hybridized carbons (Fsp3) is 0.900.